The molecule has 1 N–H and O–H groups in total. The van der Waals surface area contributed by atoms with E-state index < -0.39 is 0 Å². The molecule has 0 spiro atoms. The number of rotatable bonds is 7. The fourth-order valence-corrected chi connectivity index (χ4v) is 3.24. The molecular formula is C16H30N4S. The van der Waals surface area contributed by atoms with Gasteiger partial charge in [-0.1, -0.05) is 0 Å². The largest absolute Gasteiger partial charge is 0.306 e. The molecule has 2 rings (SSSR count). The van der Waals surface area contributed by atoms with Crippen molar-refractivity contribution in [1.82, 2.24) is 20.1 Å². The normalized spacial score (nSPS) is 17.0. The van der Waals surface area contributed by atoms with Gasteiger partial charge in [-0.3, -0.25) is 4.90 Å². The van der Waals surface area contributed by atoms with E-state index in [9.17, 15) is 0 Å². The van der Waals surface area contributed by atoms with Crippen LogP contribution in [0.4, 0.5) is 0 Å². The maximum Gasteiger partial charge on any atom is 0.107 e. The monoisotopic (exact) mass is 310 g/mol. The lowest BCUT2D eigenvalue weighted by Crippen LogP contribution is -2.35. The molecule has 0 radical (unpaired) electrons. The van der Waals surface area contributed by atoms with E-state index in [-0.39, 0.29) is 5.54 Å². The number of nitrogens with one attached hydrogen (secondary N) is 1. The molecule has 1 saturated heterocycles. The van der Waals surface area contributed by atoms with Crippen LogP contribution in [-0.4, -0.2) is 53.5 Å². The molecule has 0 bridgehead atoms. The lowest BCUT2D eigenvalue weighted by molar-refractivity contribution is 0.251. The Labute approximate surface area is 133 Å². The Bertz CT molecular complexity index is 418. The third-order valence-electron chi connectivity index (χ3n) is 3.80. The molecule has 0 atom stereocenters. The summed E-state index contributed by atoms with van der Waals surface area (Å²) in [5, 5.41) is 6.88. The average Bonchev–Trinajstić information content (AvgIpc) is 3.04. The minimum atomic E-state index is 0.151. The lowest BCUT2D eigenvalue weighted by atomic mass is 10.1. The van der Waals surface area contributed by atoms with E-state index in [0.717, 1.165) is 19.6 Å². The van der Waals surface area contributed by atoms with Gasteiger partial charge >= 0.3 is 0 Å². The number of aromatic nitrogens is 1. The standard InChI is InChI=1S/C16H30N4S/c1-16(2,3)17-11-15-18-14(13-21-15)12-19(4)9-10-20-7-5-6-8-20/h13,17H,5-12H2,1-4H3. The maximum absolute atomic E-state index is 4.73. The number of thiazole rings is 1. The smallest absolute Gasteiger partial charge is 0.107 e. The van der Waals surface area contributed by atoms with Crippen LogP contribution in [0.3, 0.4) is 0 Å². The molecule has 21 heavy (non-hydrogen) atoms. The molecule has 1 aromatic heterocycles. The van der Waals surface area contributed by atoms with Gasteiger partial charge in [0.25, 0.3) is 0 Å². The Morgan fingerprint density at radius 2 is 2.05 bits per heavy atom. The molecule has 120 valence electrons. The summed E-state index contributed by atoms with van der Waals surface area (Å²) in [4.78, 5) is 9.68. The Hall–Kier alpha value is -0.490. The van der Waals surface area contributed by atoms with Crippen molar-refractivity contribution in [2.45, 2.75) is 52.2 Å². The first-order valence-corrected chi connectivity index (χ1v) is 8.89. The van der Waals surface area contributed by atoms with Crippen molar-refractivity contribution in [2.24, 2.45) is 0 Å². The van der Waals surface area contributed by atoms with Gasteiger partial charge in [-0.25, -0.2) is 4.98 Å². The lowest BCUT2D eigenvalue weighted by Gasteiger charge is -2.20. The average molecular weight is 311 g/mol. The molecule has 4 nitrogen and oxygen atoms in total. The summed E-state index contributed by atoms with van der Waals surface area (Å²) in [6.45, 7) is 13.3. The Morgan fingerprint density at radius 3 is 2.71 bits per heavy atom. The Kier molecular flexibility index (Phi) is 6.17. The summed E-state index contributed by atoms with van der Waals surface area (Å²) in [5.74, 6) is 0. The summed E-state index contributed by atoms with van der Waals surface area (Å²) in [5.41, 5.74) is 1.35. The highest BCUT2D eigenvalue weighted by atomic mass is 32.1. The van der Waals surface area contributed by atoms with Crippen LogP contribution in [0.5, 0.6) is 0 Å². The zero-order chi connectivity index (χ0) is 15.3. The van der Waals surface area contributed by atoms with Gasteiger partial charge in [-0.05, 0) is 53.8 Å². The van der Waals surface area contributed by atoms with Crippen molar-refractivity contribution in [3.05, 3.63) is 16.1 Å². The van der Waals surface area contributed by atoms with E-state index in [1.807, 2.05) is 0 Å². The molecule has 1 aromatic rings. The molecule has 1 fully saturated rings. The van der Waals surface area contributed by atoms with E-state index >= 15 is 0 Å². The number of hydrogen-bond donors (Lipinski definition) is 1. The van der Waals surface area contributed by atoms with Gasteiger partial charge in [0, 0.05) is 37.1 Å². The second-order valence-electron chi connectivity index (χ2n) is 7.12. The molecular weight excluding hydrogens is 280 g/mol. The summed E-state index contributed by atoms with van der Waals surface area (Å²) in [6.07, 6.45) is 2.75. The van der Waals surface area contributed by atoms with E-state index in [1.165, 1.54) is 43.2 Å². The van der Waals surface area contributed by atoms with Crippen LogP contribution < -0.4 is 5.32 Å². The van der Waals surface area contributed by atoms with Crippen molar-refractivity contribution in [3.8, 4) is 0 Å². The second kappa shape index (κ2) is 7.68. The van der Waals surface area contributed by atoms with Gasteiger partial charge in [0.1, 0.15) is 5.01 Å². The quantitative estimate of drug-likeness (QED) is 0.839. The second-order valence-corrected chi connectivity index (χ2v) is 8.07. The van der Waals surface area contributed by atoms with Gasteiger partial charge < -0.3 is 10.2 Å². The van der Waals surface area contributed by atoms with Gasteiger partial charge in [0.15, 0.2) is 0 Å². The summed E-state index contributed by atoms with van der Waals surface area (Å²) >= 11 is 1.76. The van der Waals surface area contributed by atoms with E-state index in [1.54, 1.807) is 11.3 Å². The number of likely N-dealkylation sites (tertiary alicyclic amines) is 1. The first-order chi connectivity index (χ1) is 9.92. The summed E-state index contributed by atoms with van der Waals surface area (Å²) < 4.78 is 0. The van der Waals surface area contributed by atoms with Crippen LogP contribution >= 0.6 is 11.3 Å². The van der Waals surface area contributed by atoms with Crippen LogP contribution in [0, 0.1) is 0 Å². The zero-order valence-corrected chi connectivity index (χ0v) is 14.8. The van der Waals surface area contributed by atoms with Crippen LogP contribution in [0.2, 0.25) is 0 Å². The van der Waals surface area contributed by atoms with Crippen molar-refractivity contribution < 1.29 is 0 Å². The molecule has 0 aromatic carbocycles. The third-order valence-corrected chi connectivity index (χ3v) is 4.70. The predicted octanol–water partition coefficient (Wildman–Crippen LogP) is 2.56. The number of nitrogens with zero attached hydrogens (tertiary/aromatic N) is 3. The fraction of sp³-hybridized carbons (Fsp3) is 0.812. The first kappa shape index (κ1) is 16.9. The predicted molar refractivity (Wildman–Crippen MR) is 90.7 cm³/mol. The summed E-state index contributed by atoms with van der Waals surface area (Å²) in [7, 11) is 2.20. The Balaban J connectivity index is 1.70. The molecule has 0 saturated carbocycles. The van der Waals surface area contributed by atoms with Crippen LogP contribution in [0.15, 0.2) is 5.38 Å². The Morgan fingerprint density at radius 1 is 1.33 bits per heavy atom. The molecule has 0 aliphatic carbocycles. The minimum Gasteiger partial charge on any atom is -0.306 e. The molecule has 2 heterocycles. The van der Waals surface area contributed by atoms with E-state index in [2.05, 4.69) is 48.3 Å². The van der Waals surface area contributed by atoms with Gasteiger partial charge in [0.05, 0.1) is 5.69 Å². The fourth-order valence-electron chi connectivity index (χ4n) is 2.52. The maximum atomic E-state index is 4.73. The van der Waals surface area contributed by atoms with Gasteiger partial charge in [0.2, 0.25) is 0 Å². The SMILES string of the molecule is CN(CCN1CCCC1)Cc1csc(CNC(C)(C)C)n1. The number of hydrogen-bond acceptors (Lipinski definition) is 5. The topological polar surface area (TPSA) is 31.4 Å². The zero-order valence-electron chi connectivity index (χ0n) is 14.0. The minimum absolute atomic E-state index is 0.151. The van der Waals surface area contributed by atoms with Crippen LogP contribution in [0.1, 0.15) is 44.3 Å². The molecule has 5 heteroatoms. The van der Waals surface area contributed by atoms with Crippen molar-refractivity contribution in [1.29, 1.82) is 0 Å². The van der Waals surface area contributed by atoms with E-state index in [4.69, 9.17) is 4.98 Å². The highest BCUT2D eigenvalue weighted by molar-refractivity contribution is 7.09. The number of likely N-dealkylation sites (N-methyl/N-ethyl adjacent to an activating group) is 1. The van der Waals surface area contributed by atoms with Crippen molar-refractivity contribution >= 4 is 11.3 Å². The van der Waals surface area contributed by atoms with Crippen molar-refractivity contribution in [3.63, 3.8) is 0 Å². The van der Waals surface area contributed by atoms with Gasteiger partial charge in [-0.15, -0.1) is 11.3 Å². The molecule has 0 amide bonds. The van der Waals surface area contributed by atoms with Crippen LogP contribution in [-0.2, 0) is 13.1 Å². The van der Waals surface area contributed by atoms with Crippen molar-refractivity contribution in [2.75, 3.05) is 33.2 Å². The van der Waals surface area contributed by atoms with E-state index in [0.29, 0.717) is 0 Å². The first-order valence-electron chi connectivity index (χ1n) is 8.01. The highest BCUT2D eigenvalue weighted by Crippen LogP contribution is 2.13. The van der Waals surface area contributed by atoms with Crippen LogP contribution in [0.25, 0.3) is 0 Å². The third kappa shape index (κ3) is 6.43. The highest BCUT2D eigenvalue weighted by Gasteiger charge is 2.13. The van der Waals surface area contributed by atoms with Gasteiger partial charge in [-0.2, -0.15) is 0 Å². The summed E-state index contributed by atoms with van der Waals surface area (Å²) in [6, 6.07) is 0. The molecule has 1 aliphatic rings. The molecule has 1 aliphatic heterocycles. The molecule has 0 unspecified atom stereocenters.